The lowest BCUT2D eigenvalue weighted by atomic mass is 10.0. The predicted molar refractivity (Wildman–Crippen MR) is 86.5 cm³/mol. The minimum Gasteiger partial charge on any atom is -0.494 e. The van der Waals surface area contributed by atoms with Gasteiger partial charge in [-0.1, -0.05) is 11.6 Å². The molecule has 0 spiro atoms. The van der Waals surface area contributed by atoms with Gasteiger partial charge in [0.05, 0.1) is 11.6 Å². The molecule has 1 aliphatic rings. The van der Waals surface area contributed by atoms with Crippen LogP contribution < -0.4 is 14.8 Å². The molecule has 0 aliphatic carbocycles. The van der Waals surface area contributed by atoms with Gasteiger partial charge < -0.3 is 10.1 Å². The first-order valence-corrected chi connectivity index (χ1v) is 9.33. The van der Waals surface area contributed by atoms with Gasteiger partial charge in [0.15, 0.2) is 5.75 Å². The molecule has 0 saturated carbocycles. The molecule has 2 N–H and O–H groups in total. The number of piperidine rings is 1. The van der Waals surface area contributed by atoms with E-state index in [0.717, 1.165) is 25.9 Å². The summed E-state index contributed by atoms with van der Waals surface area (Å²) in [5, 5.41) is 3.60. The zero-order valence-electron chi connectivity index (χ0n) is 11.7. The van der Waals surface area contributed by atoms with E-state index in [4.69, 9.17) is 16.3 Å². The van der Waals surface area contributed by atoms with Crippen molar-refractivity contribution >= 4 is 37.6 Å². The van der Waals surface area contributed by atoms with Crippen LogP contribution in [0, 0.1) is 5.92 Å². The largest absolute Gasteiger partial charge is 0.494 e. The fraction of sp³-hybridized carbons (Fsp3) is 0.538. The maximum atomic E-state index is 12.5. The summed E-state index contributed by atoms with van der Waals surface area (Å²) in [6.45, 7) is 2.24. The van der Waals surface area contributed by atoms with E-state index in [-0.39, 0.29) is 10.6 Å². The van der Waals surface area contributed by atoms with Gasteiger partial charge in [0.25, 0.3) is 0 Å². The minimum absolute atomic E-state index is 0.0492. The molecule has 1 aromatic carbocycles. The van der Waals surface area contributed by atoms with Gasteiger partial charge in [0.2, 0.25) is 10.0 Å². The first kappa shape index (κ1) is 17.0. The van der Waals surface area contributed by atoms with Crippen molar-refractivity contribution < 1.29 is 13.2 Å². The van der Waals surface area contributed by atoms with E-state index in [0.29, 0.717) is 22.0 Å². The van der Waals surface area contributed by atoms with Crippen molar-refractivity contribution in [3.8, 4) is 5.75 Å². The topological polar surface area (TPSA) is 67.4 Å². The Hall–Kier alpha value is -0.340. The van der Waals surface area contributed by atoms with E-state index in [1.807, 2.05) is 0 Å². The van der Waals surface area contributed by atoms with Crippen molar-refractivity contribution in [1.29, 1.82) is 0 Å². The predicted octanol–water partition coefficient (Wildman–Crippen LogP) is 2.39. The van der Waals surface area contributed by atoms with Crippen LogP contribution in [0.15, 0.2) is 21.5 Å². The summed E-state index contributed by atoms with van der Waals surface area (Å²) >= 11 is 9.21. The summed E-state index contributed by atoms with van der Waals surface area (Å²) in [5.41, 5.74) is 0. The minimum atomic E-state index is -3.66. The molecular weight excluding hydrogens is 380 g/mol. The number of halogens is 2. The van der Waals surface area contributed by atoms with Crippen LogP contribution in [0.25, 0.3) is 0 Å². The number of benzene rings is 1. The van der Waals surface area contributed by atoms with Crippen LogP contribution in [0.1, 0.15) is 12.8 Å². The highest BCUT2D eigenvalue weighted by atomic mass is 79.9. The van der Waals surface area contributed by atoms with Crippen molar-refractivity contribution in [2.24, 2.45) is 5.92 Å². The SMILES string of the molecule is COc1c(Br)cc(Cl)cc1S(=O)(=O)NC[C@H]1CCCNC1. The van der Waals surface area contributed by atoms with Crippen molar-refractivity contribution in [2.45, 2.75) is 17.7 Å². The summed E-state index contributed by atoms with van der Waals surface area (Å²) in [6, 6.07) is 3.00. The van der Waals surface area contributed by atoms with Crippen LogP contribution in [0.4, 0.5) is 0 Å². The van der Waals surface area contributed by atoms with Crippen LogP contribution in [0.3, 0.4) is 0 Å². The second kappa shape index (κ2) is 7.28. The summed E-state index contributed by atoms with van der Waals surface area (Å²) < 4.78 is 33.3. The van der Waals surface area contributed by atoms with Crippen molar-refractivity contribution in [3.63, 3.8) is 0 Å². The van der Waals surface area contributed by atoms with Crippen LogP contribution >= 0.6 is 27.5 Å². The Morgan fingerprint density at radius 1 is 1.52 bits per heavy atom. The van der Waals surface area contributed by atoms with Crippen LogP contribution in [0.5, 0.6) is 5.75 Å². The molecule has 1 heterocycles. The lowest BCUT2D eigenvalue weighted by molar-refractivity contribution is 0.374. The standard InChI is InChI=1S/C13H18BrClN2O3S/c1-20-13-11(14)5-10(15)6-12(13)21(18,19)17-8-9-3-2-4-16-7-9/h5-6,9,16-17H,2-4,7-8H2,1H3/t9-/m0/s1. The fourth-order valence-electron chi connectivity index (χ4n) is 2.34. The number of rotatable bonds is 5. The monoisotopic (exact) mass is 396 g/mol. The number of hydrogen-bond donors (Lipinski definition) is 2. The number of sulfonamides is 1. The molecule has 21 heavy (non-hydrogen) atoms. The molecule has 1 atom stereocenters. The second-order valence-corrected chi connectivity index (χ2v) is 8.01. The van der Waals surface area contributed by atoms with Crippen molar-refractivity contribution in [3.05, 3.63) is 21.6 Å². The van der Waals surface area contributed by atoms with Crippen LogP contribution in [-0.2, 0) is 10.0 Å². The molecule has 0 aromatic heterocycles. The third-order valence-electron chi connectivity index (χ3n) is 3.43. The normalized spacial score (nSPS) is 19.5. The zero-order chi connectivity index (χ0) is 15.5. The average molecular weight is 398 g/mol. The van der Waals surface area contributed by atoms with Gasteiger partial charge >= 0.3 is 0 Å². The molecule has 5 nitrogen and oxygen atoms in total. The fourth-order valence-corrected chi connectivity index (χ4v) is 4.84. The Morgan fingerprint density at radius 3 is 2.90 bits per heavy atom. The van der Waals surface area contributed by atoms with Gasteiger partial charge in [-0.2, -0.15) is 0 Å². The Balaban J connectivity index is 2.18. The molecule has 0 radical (unpaired) electrons. The van der Waals surface area contributed by atoms with E-state index >= 15 is 0 Å². The summed E-state index contributed by atoms with van der Waals surface area (Å²) in [4.78, 5) is 0.0492. The van der Waals surface area contributed by atoms with Crippen LogP contribution in [-0.4, -0.2) is 35.2 Å². The molecule has 0 bridgehead atoms. The molecule has 1 fully saturated rings. The lowest BCUT2D eigenvalue weighted by Crippen LogP contribution is -2.38. The van der Waals surface area contributed by atoms with E-state index in [9.17, 15) is 8.42 Å². The molecular formula is C13H18BrClN2O3S. The molecule has 1 aromatic rings. The quantitative estimate of drug-likeness (QED) is 0.800. The second-order valence-electron chi connectivity index (χ2n) is 4.98. The van der Waals surface area contributed by atoms with E-state index in [1.165, 1.54) is 13.2 Å². The van der Waals surface area contributed by atoms with E-state index < -0.39 is 10.0 Å². The Labute approximate surface area is 138 Å². The number of methoxy groups -OCH3 is 1. The molecule has 2 rings (SSSR count). The summed E-state index contributed by atoms with van der Waals surface area (Å²) in [6.07, 6.45) is 2.09. The number of nitrogens with one attached hydrogen (secondary N) is 2. The van der Waals surface area contributed by atoms with Gasteiger partial charge in [0, 0.05) is 11.6 Å². The van der Waals surface area contributed by atoms with E-state index in [1.54, 1.807) is 6.07 Å². The molecule has 1 saturated heterocycles. The maximum absolute atomic E-state index is 12.5. The van der Waals surface area contributed by atoms with Gasteiger partial charge in [-0.05, 0) is 59.9 Å². The van der Waals surface area contributed by atoms with Crippen molar-refractivity contribution in [2.75, 3.05) is 26.7 Å². The third-order valence-corrected chi connectivity index (χ3v) is 5.67. The lowest BCUT2D eigenvalue weighted by Gasteiger charge is -2.23. The van der Waals surface area contributed by atoms with E-state index in [2.05, 4.69) is 26.0 Å². The Bertz CT molecular complexity index is 604. The molecule has 0 amide bonds. The smallest absolute Gasteiger partial charge is 0.244 e. The Morgan fingerprint density at radius 2 is 2.29 bits per heavy atom. The highest BCUT2D eigenvalue weighted by molar-refractivity contribution is 9.10. The average Bonchev–Trinajstić information content (AvgIpc) is 2.46. The highest BCUT2D eigenvalue weighted by Crippen LogP contribution is 2.35. The highest BCUT2D eigenvalue weighted by Gasteiger charge is 2.24. The molecule has 118 valence electrons. The first-order chi connectivity index (χ1) is 9.94. The summed E-state index contributed by atoms with van der Waals surface area (Å²) in [7, 11) is -2.24. The zero-order valence-corrected chi connectivity index (χ0v) is 14.8. The maximum Gasteiger partial charge on any atom is 0.244 e. The number of hydrogen-bond acceptors (Lipinski definition) is 4. The van der Waals surface area contributed by atoms with Crippen molar-refractivity contribution in [1.82, 2.24) is 10.0 Å². The van der Waals surface area contributed by atoms with Gasteiger partial charge in [-0.25, -0.2) is 13.1 Å². The van der Waals surface area contributed by atoms with Crippen LogP contribution in [0.2, 0.25) is 5.02 Å². The molecule has 8 heteroatoms. The molecule has 1 aliphatic heterocycles. The molecule has 0 unspecified atom stereocenters. The summed E-state index contributed by atoms with van der Waals surface area (Å²) in [5.74, 6) is 0.566. The van der Waals surface area contributed by atoms with Gasteiger partial charge in [-0.3, -0.25) is 0 Å². The first-order valence-electron chi connectivity index (χ1n) is 6.67. The van der Waals surface area contributed by atoms with Gasteiger partial charge in [0.1, 0.15) is 4.90 Å². The van der Waals surface area contributed by atoms with Gasteiger partial charge in [-0.15, -0.1) is 0 Å². The number of ether oxygens (including phenoxy) is 1. The third kappa shape index (κ3) is 4.32. The Kier molecular flexibility index (Phi) is 5.90.